The number of thiophene rings is 6. The average molecular weight is 1440 g/mol. The predicted octanol–water partition coefficient (Wildman–Crippen LogP) is 30.1. The zero-order valence-electron chi connectivity index (χ0n) is 61.5. The first-order valence-electron chi connectivity index (χ1n) is 39.4. The molecule has 2 unspecified atom stereocenters. The summed E-state index contributed by atoms with van der Waals surface area (Å²) in [6, 6.07) is 54.8. The van der Waals surface area contributed by atoms with E-state index in [1.807, 2.05) is 45.3 Å². The van der Waals surface area contributed by atoms with Crippen LogP contribution in [0, 0.1) is 11.8 Å². The summed E-state index contributed by atoms with van der Waals surface area (Å²) in [5.41, 5.74) is 18.7. The molecule has 6 aromatic heterocycles. The predicted molar refractivity (Wildman–Crippen MR) is 443 cm³/mol. The number of rotatable bonds is 40. The molecule has 8 heteroatoms. The van der Waals surface area contributed by atoms with Crippen molar-refractivity contribution in [3.63, 3.8) is 0 Å². The minimum atomic E-state index is -0.608. The van der Waals surface area contributed by atoms with Gasteiger partial charge in [-0.2, -0.15) is 0 Å². The van der Waals surface area contributed by atoms with Crippen LogP contribution in [0.1, 0.15) is 276 Å². The molecule has 2 aliphatic carbocycles. The van der Waals surface area contributed by atoms with Gasteiger partial charge in [0, 0.05) is 50.8 Å². The van der Waals surface area contributed by atoms with Crippen molar-refractivity contribution in [1.29, 1.82) is 0 Å². The molecule has 13 rings (SSSR count). The van der Waals surface area contributed by atoms with Crippen LogP contribution >= 0.6 is 68.0 Å². The summed E-state index contributed by atoms with van der Waals surface area (Å²) >= 11 is 11.9. The van der Waals surface area contributed by atoms with Crippen LogP contribution < -0.4 is 9.47 Å². The van der Waals surface area contributed by atoms with Gasteiger partial charge in [-0.05, 0) is 190 Å². The fraction of sp³-hybridized carbons (Fsp3) is 0.457. The van der Waals surface area contributed by atoms with Crippen molar-refractivity contribution < 1.29 is 9.47 Å². The van der Waals surface area contributed by atoms with Crippen molar-refractivity contribution >= 4 is 88.2 Å². The van der Waals surface area contributed by atoms with Crippen LogP contribution in [0.15, 0.2) is 144 Å². The summed E-state index contributed by atoms with van der Waals surface area (Å²) in [6.07, 6.45) is 33.7. The normalized spacial score (nSPS) is 14.1. The third-order valence-corrected chi connectivity index (χ3v) is 29.1. The maximum atomic E-state index is 7.13. The van der Waals surface area contributed by atoms with E-state index in [1.165, 1.54) is 269 Å². The summed E-state index contributed by atoms with van der Waals surface area (Å²) in [4.78, 5) is 8.30. The molecular weight excluding hydrogens is 1330 g/mol. The fourth-order valence-electron chi connectivity index (χ4n) is 16.9. The average Bonchev–Trinajstić information content (AvgIpc) is 1.49. The first-order chi connectivity index (χ1) is 49.3. The Labute approximate surface area is 625 Å². The van der Waals surface area contributed by atoms with Crippen LogP contribution in [0.5, 0.6) is 10.1 Å². The molecular formula is C92H110O2S6. The molecule has 0 fully saturated rings. The van der Waals surface area contributed by atoms with Gasteiger partial charge in [0.1, 0.15) is 0 Å². The third-order valence-electron chi connectivity index (χ3n) is 22.5. The van der Waals surface area contributed by atoms with Crippen molar-refractivity contribution in [3.05, 3.63) is 211 Å². The lowest BCUT2D eigenvalue weighted by Crippen LogP contribution is -2.29. The Hall–Kier alpha value is -5.58. The third kappa shape index (κ3) is 14.5. The van der Waals surface area contributed by atoms with E-state index >= 15 is 0 Å². The van der Waals surface area contributed by atoms with Gasteiger partial charge in [-0.3, -0.25) is 0 Å². The Balaban J connectivity index is 1.17. The number of fused-ring (bicyclic) bond motifs is 10. The molecule has 0 N–H and O–H groups in total. The second-order valence-electron chi connectivity index (χ2n) is 29.3. The molecule has 0 radical (unpaired) electrons. The lowest BCUT2D eigenvalue weighted by molar-refractivity contribution is 0.239. The molecule has 0 saturated heterocycles. The van der Waals surface area contributed by atoms with Crippen molar-refractivity contribution in [2.45, 2.75) is 246 Å². The first-order valence-corrected chi connectivity index (χ1v) is 44.4. The van der Waals surface area contributed by atoms with E-state index in [0.717, 1.165) is 61.9 Å². The number of aryl methyl sites for hydroxylation is 4. The van der Waals surface area contributed by atoms with E-state index in [1.54, 1.807) is 0 Å². The van der Waals surface area contributed by atoms with E-state index in [2.05, 4.69) is 222 Å². The Morgan fingerprint density at radius 2 is 0.680 bits per heavy atom. The zero-order chi connectivity index (χ0) is 69.0. The maximum absolute atomic E-state index is 7.13. The lowest BCUT2D eigenvalue weighted by atomic mass is 9.65. The molecule has 0 saturated carbocycles. The Kier molecular flexibility index (Phi) is 25.0. The molecule has 0 amide bonds. The summed E-state index contributed by atoms with van der Waals surface area (Å²) < 4.78 is 17.0. The van der Waals surface area contributed by atoms with Crippen LogP contribution in [-0.4, -0.2) is 13.2 Å². The fourth-order valence-corrected chi connectivity index (χ4v) is 24.0. The van der Waals surface area contributed by atoms with E-state index in [9.17, 15) is 0 Å². The molecule has 0 aliphatic heterocycles. The summed E-state index contributed by atoms with van der Waals surface area (Å²) in [5.74, 6) is 1.05. The quantitative estimate of drug-likeness (QED) is 0.0356. The monoisotopic (exact) mass is 1440 g/mol. The second-order valence-corrected chi connectivity index (χ2v) is 35.3. The van der Waals surface area contributed by atoms with Crippen molar-refractivity contribution in [3.8, 4) is 50.5 Å². The van der Waals surface area contributed by atoms with E-state index in [-0.39, 0.29) is 0 Å². The van der Waals surface area contributed by atoms with Gasteiger partial charge in [-0.25, -0.2) is 0 Å². The number of benzene rings is 5. The molecule has 2 aliphatic rings. The molecule has 11 aromatic rings. The largest absolute Gasteiger partial charge is 0.484 e. The van der Waals surface area contributed by atoms with Gasteiger partial charge in [0.2, 0.25) is 0 Å². The van der Waals surface area contributed by atoms with Crippen LogP contribution in [0.4, 0.5) is 0 Å². The van der Waals surface area contributed by atoms with Crippen molar-refractivity contribution in [2.24, 2.45) is 11.8 Å². The van der Waals surface area contributed by atoms with Gasteiger partial charge >= 0.3 is 0 Å². The second kappa shape index (κ2) is 34.3. The molecule has 2 atom stereocenters. The van der Waals surface area contributed by atoms with Gasteiger partial charge < -0.3 is 9.47 Å². The standard InChI is InChI=1S/C92H110O2S6/c1-9-17-23-27-37-65-41-31-45-69(57-65)91(70-46-32-42-66(58-70)38-28-24-18-10-2)73-53-55-95-85(73)89-83(91)81-79(75-49-51-77(97-75)93-61-63(15-7)35-21-13-5)88-82(80(87(81)99-89)76-50-52-78(98-76)94-62-64(16-8)36-22-14-6)84-90(100-88)86-74(54-56-96-86)92(84,71-47-33-43-67(59-71)39-29-25-19-11-3)72-48-34-44-68(60-72)40-30-26-20-12-4/h31-34,41-60,63-64H,9-30,35-40,61-62H2,1-8H3. The topological polar surface area (TPSA) is 18.5 Å². The highest BCUT2D eigenvalue weighted by Gasteiger charge is 2.54. The number of ether oxygens (including phenoxy) is 2. The Morgan fingerprint density at radius 1 is 0.340 bits per heavy atom. The number of hydrogen-bond acceptors (Lipinski definition) is 8. The maximum Gasteiger partial charge on any atom is 0.174 e. The highest BCUT2D eigenvalue weighted by Crippen LogP contribution is 2.70. The Bertz CT molecular complexity index is 4060. The summed E-state index contributed by atoms with van der Waals surface area (Å²) in [5, 5.41) is 9.72. The smallest absolute Gasteiger partial charge is 0.174 e. The van der Waals surface area contributed by atoms with E-state index in [4.69, 9.17) is 9.47 Å². The van der Waals surface area contributed by atoms with E-state index in [0.29, 0.717) is 11.8 Å². The molecule has 2 nitrogen and oxygen atoms in total. The lowest BCUT2D eigenvalue weighted by Gasteiger charge is -2.35. The van der Waals surface area contributed by atoms with Crippen LogP contribution in [0.2, 0.25) is 0 Å². The van der Waals surface area contributed by atoms with Crippen LogP contribution in [0.3, 0.4) is 0 Å². The first kappa shape index (κ1) is 72.8. The van der Waals surface area contributed by atoms with Gasteiger partial charge in [0.05, 0.1) is 33.8 Å². The highest BCUT2D eigenvalue weighted by atomic mass is 32.1. The summed E-state index contributed by atoms with van der Waals surface area (Å²) in [7, 11) is 0. The number of hydrogen-bond donors (Lipinski definition) is 0. The van der Waals surface area contributed by atoms with Crippen LogP contribution in [0.25, 0.3) is 60.6 Å². The molecule has 5 aromatic carbocycles. The molecule has 6 heterocycles. The van der Waals surface area contributed by atoms with Gasteiger partial charge in [-0.15, -0.1) is 45.3 Å². The molecule has 0 spiro atoms. The van der Waals surface area contributed by atoms with Gasteiger partial charge in [0.25, 0.3) is 0 Å². The van der Waals surface area contributed by atoms with E-state index < -0.39 is 10.8 Å². The Morgan fingerprint density at radius 3 is 1.00 bits per heavy atom. The minimum absolute atomic E-state index is 0.523. The van der Waals surface area contributed by atoms with Crippen molar-refractivity contribution in [2.75, 3.05) is 13.2 Å². The molecule has 0 bridgehead atoms. The van der Waals surface area contributed by atoms with Crippen molar-refractivity contribution in [1.82, 2.24) is 0 Å². The van der Waals surface area contributed by atoms with Gasteiger partial charge in [0.15, 0.2) is 10.1 Å². The molecule has 100 heavy (non-hydrogen) atoms. The molecule has 526 valence electrons. The number of unbranched alkanes of at least 4 members (excludes halogenated alkanes) is 14. The van der Waals surface area contributed by atoms with Crippen LogP contribution in [-0.2, 0) is 36.5 Å². The minimum Gasteiger partial charge on any atom is -0.484 e. The summed E-state index contributed by atoms with van der Waals surface area (Å²) in [6.45, 7) is 20.2. The highest BCUT2D eigenvalue weighted by molar-refractivity contribution is 7.29. The zero-order valence-corrected chi connectivity index (χ0v) is 66.4. The SMILES string of the molecule is CCCCCCc1cccc(C2(c3cccc(CCCCCC)c3)c3ccsc3-c3sc4c(-c5ccc(OCC(CC)CCCC)s5)c5c6c(sc5c(-c5ccc(OCC(CC)CCCC)s5)c4c32)-c2sccc2C6(c2cccc(CCCCCC)c2)c2cccc(CCCCCC)c2)c1. The van der Waals surface area contributed by atoms with Gasteiger partial charge in [-0.1, -0.05) is 291 Å².